The van der Waals surface area contributed by atoms with Gasteiger partial charge in [0.2, 0.25) is 11.8 Å². The van der Waals surface area contributed by atoms with Gasteiger partial charge in [-0.05, 0) is 18.4 Å². The Morgan fingerprint density at radius 3 is 2.96 bits per heavy atom. The van der Waals surface area contributed by atoms with Crippen molar-refractivity contribution < 1.29 is 9.32 Å². The van der Waals surface area contributed by atoms with Crippen molar-refractivity contribution in [2.45, 2.75) is 45.7 Å². The number of hydrogen-bond donors (Lipinski definition) is 0. The summed E-state index contributed by atoms with van der Waals surface area (Å²) in [6, 6.07) is 0.204. The molecule has 8 nitrogen and oxygen atoms in total. The summed E-state index contributed by atoms with van der Waals surface area (Å²) in [4.78, 5) is 20.7. The van der Waals surface area contributed by atoms with Gasteiger partial charge in [0, 0.05) is 52.3 Å². The molecule has 1 fully saturated rings. The lowest BCUT2D eigenvalue weighted by Gasteiger charge is -2.27. The molecule has 25 heavy (non-hydrogen) atoms. The van der Waals surface area contributed by atoms with E-state index in [1.807, 2.05) is 29.7 Å². The van der Waals surface area contributed by atoms with Crippen molar-refractivity contribution in [1.29, 1.82) is 0 Å². The molecule has 1 atom stereocenters. The van der Waals surface area contributed by atoms with Gasteiger partial charge in [0.15, 0.2) is 5.82 Å². The number of hydrogen-bond acceptors (Lipinski definition) is 6. The summed E-state index contributed by atoms with van der Waals surface area (Å²) >= 11 is 0. The minimum absolute atomic E-state index is 0.0574. The summed E-state index contributed by atoms with van der Waals surface area (Å²) in [5.74, 6) is 1.26. The summed E-state index contributed by atoms with van der Waals surface area (Å²) < 4.78 is 6.98. The maximum Gasteiger partial charge on any atom is 0.226 e. The van der Waals surface area contributed by atoms with Crippen LogP contribution in [0.2, 0.25) is 0 Å². The quantitative estimate of drug-likeness (QED) is 0.745. The first-order valence-corrected chi connectivity index (χ1v) is 8.83. The van der Waals surface area contributed by atoms with E-state index < -0.39 is 0 Å². The van der Waals surface area contributed by atoms with Crippen LogP contribution in [0.25, 0.3) is 0 Å². The molecular weight excluding hydrogens is 320 g/mol. The predicted octanol–water partition coefficient (Wildman–Crippen LogP) is 1.03. The van der Waals surface area contributed by atoms with Crippen molar-refractivity contribution in [2.24, 2.45) is 7.05 Å². The highest BCUT2D eigenvalue weighted by Gasteiger charge is 2.30. The second-order valence-electron chi connectivity index (χ2n) is 6.62. The normalized spacial score (nSPS) is 18.0. The first-order valence-electron chi connectivity index (χ1n) is 8.83. The highest BCUT2D eigenvalue weighted by molar-refractivity contribution is 5.73. The third-order valence-electron chi connectivity index (χ3n) is 4.69. The third kappa shape index (κ3) is 4.45. The third-order valence-corrected chi connectivity index (χ3v) is 4.69. The van der Waals surface area contributed by atoms with Crippen LogP contribution in [0.1, 0.15) is 37.5 Å². The molecule has 1 unspecified atom stereocenters. The van der Waals surface area contributed by atoms with Gasteiger partial charge in [-0.25, -0.2) is 0 Å². The lowest BCUT2D eigenvalue weighted by atomic mass is 10.2. The molecule has 3 heterocycles. The molecule has 1 saturated heterocycles. The molecule has 0 aliphatic carbocycles. The molecule has 0 aromatic carbocycles. The van der Waals surface area contributed by atoms with E-state index in [9.17, 15) is 4.79 Å². The Hall–Kier alpha value is -2.22. The summed E-state index contributed by atoms with van der Waals surface area (Å²) in [7, 11) is 1.93. The van der Waals surface area contributed by atoms with Gasteiger partial charge in [0.25, 0.3) is 0 Å². The lowest BCUT2D eigenvalue weighted by molar-refractivity contribution is -0.131. The van der Waals surface area contributed by atoms with Crippen molar-refractivity contribution in [3.8, 4) is 0 Å². The minimum atomic E-state index is 0.0574. The number of aromatic nitrogens is 4. The van der Waals surface area contributed by atoms with E-state index in [4.69, 9.17) is 4.52 Å². The summed E-state index contributed by atoms with van der Waals surface area (Å²) in [6.45, 7) is 6.87. The zero-order valence-electron chi connectivity index (χ0n) is 15.2. The van der Waals surface area contributed by atoms with Crippen LogP contribution in [0, 0.1) is 0 Å². The van der Waals surface area contributed by atoms with Gasteiger partial charge >= 0.3 is 0 Å². The average Bonchev–Trinajstić information content (AvgIpc) is 3.31. The van der Waals surface area contributed by atoms with Crippen LogP contribution >= 0.6 is 0 Å². The number of amides is 1. The Morgan fingerprint density at radius 2 is 2.32 bits per heavy atom. The highest BCUT2D eigenvalue weighted by atomic mass is 16.5. The molecule has 2 aromatic rings. The van der Waals surface area contributed by atoms with Crippen molar-refractivity contribution in [1.82, 2.24) is 29.7 Å². The average molecular weight is 346 g/mol. The number of carbonyl (C=O) groups excluding carboxylic acids is 1. The van der Waals surface area contributed by atoms with Crippen LogP contribution in [0.4, 0.5) is 0 Å². The van der Waals surface area contributed by atoms with Gasteiger partial charge in [0.1, 0.15) is 0 Å². The summed E-state index contributed by atoms with van der Waals surface area (Å²) in [5.41, 5.74) is 1.24. The first-order chi connectivity index (χ1) is 12.0. The van der Waals surface area contributed by atoms with Gasteiger partial charge in [-0.2, -0.15) is 10.1 Å². The van der Waals surface area contributed by atoms with Crippen LogP contribution in [0.15, 0.2) is 16.9 Å². The fourth-order valence-electron chi connectivity index (χ4n) is 3.31. The molecule has 0 saturated carbocycles. The van der Waals surface area contributed by atoms with E-state index in [1.165, 1.54) is 5.56 Å². The second-order valence-corrected chi connectivity index (χ2v) is 6.62. The fraction of sp³-hybridized carbons (Fsp3) is 0.647. The zero-order chi connectivity index (χ0) is 17.8. The highest BCUT2D eigenvalue weighted by Crippen LogP contribution is 2.18. The molecule has 8 heteroatoms. The topological polar surface area (TPSA) is 80.3 Å². The van der Waals surface area contributed by atoms with Crippen LogP contribution in [0.3, 0.4) is 0 Å². The molecule has 0 spiro atoms. The number of nitrogens with zero attached hydrogens (tertiary/aromatic N) is 6. The van der Waals surface area contributed by atoms with E-state index in [1.54, 1.807) is 6.92 Å². The maximum atomic E-state index is 12.1. The molecule has 0 N–H and O–H groups in total. The smallest absolute Gasteiger partial charge is 0.226 e. The van der Waals surface area contributed by atoms with Crippen LogP contribution < -0.4 is 0 Å². The predicted molar refractivity (Wildman–Crippen MR) is 91.7 cm³/mol. The SMILES string of the molecule is CCc1nc(CN(C(C)=O)C2CCN(CCc3cnn(C)c3)C2)no1. The van der Waals surface area contributed by atoms with Crippen molar-refractivity contribution >= 4 is 5.91 Å². The van der Waals surface area contributed by atoms with Crippen molar-refractivity contribution in [3.05, 3.63) is 29.7 Å². The fourth-order valence-corrected chi connectivity index (χ4v) is 3.31. The second kappa shape index (κ2) is 7.77. The molecule has 2 aromatic heterocycles. The Morgan fingerprint density at radius 1 is 1.48 bits per heavy atom. The van der Waals surface area contributed by atoms with E-state index in [-0.39, 0.29) is 11.9 Å². The molecule has 1 amide bonds. The van der Waals surface area contributed by atoms with Crippen LogP contribution in [0.5, 0.6) is 0 Å². The number of rotatable bonds is 7. The van der Waals surface area contributed by atoms with Gasteiger partial charge in [-0.15, -0.1) is 0 Å². The van der Waals surface area contributed by atoms with Gasteiger partial charge in [0.05, 0.1) is 12.7 Å². The maximum absolute atomic E-state index is 12.1. The number of aryl methyl sites for hydroxylation is 2. The van der Waals surface area contributed by atoms with Crippen LogP contribution in [-0.4, -0.2) is 61.3 Å². The zero-order valence-corrected chi connectivity index (χ0v) is 15.2. The Kier molecular flexibility index (Phi) is 5.47. The molecule has 136 valence electrons. The Labute approximate surface area is 147 Å². The summed E-state index contributed by atoms with van der Waals surface area (Å²) in [5, 5.41) is 8.18. The van der Waals surface area contributed by atoms with E-state index in [0.717, 1.165) is 32.5 Å². The molecular formula is C17H26N6O2. The van der Waals surface area contributed by atoms with E-state index in [0.29, 0.717) is 24.7 Å². The van der Waals surface area contributed by atoms with Gasteiger partial charge < -0.3 is 14.3 Å². The van der Waals surface area contributed by atoms with Crippen LogP contribution in [-0.2, 0) is 31.2 Å². The van der Waals surface area contributed by atoms with E-state index >= 15 is 0 Å². The van der Waals surface area contributed by atoms with E-state index in [2.05, 4.69) is 26.3 Å². The monoisotopic (exact) mass is 346 g/mol. The van der Waals surface area contributed by atoms with Gasteiger partial charge in [-0.3, -0.25) is 9.48 Å². The minimum Gasteiger partial charge on any atom is -0.339 e. The molecule has 3 rings (SSSR count). The number of carbonyl (C=O) groups is 1. The van der Waals surface area contributed by atoms with Gasteiger partial charge in [-0.1, -0.05) is 12.1 Å². The molecule has 0 radical (unpaired) electrons. The Bertz CT molecular complexity index is 710. The molecule has 0 bridgehead atoms. The first kappa shape index (κ1) is 17.6. The number of likely N-dealkylation sites (tertiary alicyclic amines) is 1. The largest absolute Gasteiger partial charge is 0.339 e. The Balaban J connectivity index is 1.54. The molecule has 1 aliphatic rings. The molecule has 1 aliphatic heterocycles. The lowest BCUT2D eigenvalue weighted by Crippen LogP contribution is -2.40. The van der Waals surface area contributed by atoms with Crippen molar-refractivity contribution in [3.63, 3.8) is 0 Å². The van der Waals surface area contributed by atoms with Crippen molar-refractivity contribution in [2.75, 3.05) is 19.6 Å². The summed E-state index contributed by atoms with van der Waals surface area (Å²) in [6.07, 6.45) is 6.63. The standard InChI is InChI=1S/C17H26N6O2/c1-4-17-19-16(20-25-17)12-23(13(2)24)15-6-8-22(11-15)7-5-14-9-18-21(3)10-14/h9-10,15H,4-8,11-12H2,1-3H3.